The summed E-state index contributed by atoms with van der Waals surface area (Å²) in [5, 5.41) is 15.0. The molecule has 5 N–H and O–H groups in total. The van der Waals surface area contributed by atoms with Gasteiger partial charge in [-0.2, -0.15) is 5.10 Å². The van der Waals surface area contributed by atoms with Gasteiger partial charge in [0.1, 0.15) is 18.2 Å². The van der Waals surface area contributed by atoms with Crippen molar-refractivity contribution in [1.29, 1.82) is 0 Å². The standard InChI is InChI=1S/C23H21N9O2/c1-11-14(8-26-17-7-20(33)30-22(11)17)16-4-12-5-18(27-9-15(12)23(24)28-16)29-19-6-13-2-3-25-21(34)10-32(13)31-19/h4-6,8-9H,2-3,7,10H2,1H3,(H2,24,28)(H,25,34)(H,30,33)(H,27,29,31). The lowest BCUT2D eigenvalue weighted by atomic mass is 10.0. The Hall–Kier alpha value is -4.54. The van der Waals surface area contributed by atoms with E-state index < -0.39 is 0 Å². The summed E-state index contributed by atoms with van der Waals surface area (Å²) in [5.74, 6) is 1.46. The highest BCUT2D eigenvalue weighted by Crippen LogP contribution is 2.34. The number of nitrogens with two attached hydrogens (primary N) is 1. The van der Waals surface area contributed by atoms with E-state index in [2.05, 4.69) is 36.0 Å². The van der Waals surface area contributed by atoms with Crippen LogP contribution >= 0.6 is 0 Å². The zero-order valence-corrected chi connectivity index (χ0v) is 18.3. The van der Waals surface area contributed by atoms with Gasteiger partial charge in [0.2, 0.25) is 11.8 Å². The van der Waals surface area contributed by atoms with Crippen LogP contribution in [-0.2, 0) is 29.0 Å². The van der Waals surface area contributed by atoms with Gasteiger partial charge in [-0.25, -0.2) is 9.97 Å². The number of rotatable bonds is 3. The van der Waals surface area contributed by atoms with Gasteiger partial charge in [0.15, 0.2) is 5.82 Å². The number of carbonyl (C=O) groups is 2. The van der Waals surface area contributed by atoms with Crippen molar-refractivity contribution in [2.75, 3.05) is 22.9 Å². The number of aromatic nitrogens is 5. The zero-order chi connectivity index (χ0) is 23.4. The second-order valence-corrected chi connectivity index (χ2v) is 8.43. The van der Waals surface area contributed by atoms with Crippen molar-refractivity contribution in [3.8, 4) is 11.3 Å². The van der Waals surface area contributed by atoms with Crippen LogP contribution in [0.4, 0.5) is 23.1 Å². The summed E-state index contributed by atoms with van der Waals surface area (Å²) in [6, 6.07) is 5.73. The fourth-order valence-electron chi connectivity index (χ4n) is 4.44. The molecule has 0 saturated heterocycles. The first-order chi connectivity index (χ1) is 16.4. The molecule has 0 aromatic carbocycles. The Balaban J connectivity index is 1.35. The van der Waals surface area contributed by atoms with Gasteiger partial charge in [0.25, 0.3) is 0 Å². The van der Waals surface area contributed by atoms with Crippen LogP contribution < -0.4 is 21.7 Å². The molecule has 0 aliphatic carbocycles. The molecule has 4 aromatic heterocycles. The summed E-state index contributed by atoms with van der Waals surface area (Å²) in [7, 11) is 0. The van der Waals surface area contributed by atoms with Gasteiger partial charge >= 0.3 is 0 Å². The summed E-state index contributed by atoms with van der Waals surface area (Å²) in [6.45, 7) is 2.72. The van der Waals surface area contributed by atoms with Crippen molar-refractivity contribution >= 4 is 45.7 Å². The number of fused-ring (bicyclic) bond motifs is 3. The molecule has 0 unspecified atom stereocenters. The summed E-state index contributed by atoms with van der Waals surface area (Å²) < 4.78 is 1.70. The molecule has 0 saturated carbocycles. The minimum absolute atomic E-state index is 0.0522. The third-order valence-electron chi connectivity index (χ3n) is 6.15. The highest BCUT2D eigenvalue weighted by Gasteiger charge is 2.23. The van der Waals surface area contributed by atoms with Gasteiger partial charge < -0.3 is 21.7 Å². The van der Waals surface area contributed by atoms with Gasteiger partial charge in [0, 0.05) is 48.1 Å². The molecule has 0 fully saturated rings. The Bertz CT molecular complexity index is 1510. The monoisotopic (exact) mass is 455 g/mol. The largest absolute Gasteiger partial charge is 0.383 e. The Kier molecular flexibility index (Phi) is 4.44. The van der Waals surface area contributed by atoms with E-state index in [9.17, 15) is 9.59 Å². The van der Waals surface area contributed by atoms with Crippen LogP contribution in [0, 0.1) is 6.92 Å². The topological polar surface area (TPSA) is 153 Å². The second kappa shape index (κ2) is 7.51. The minimum atomic E-state index is -0.0623. The van der Waals surface area contributed by atoms with Crippen molar-refractivity contribution in [1.82, 2.24) is 30.0 Å². The number of nitrogens with one attached hydrogen (secondary N) is 3. The molecule has 6 rings (SSSR count). The van der Waals surface area contributed by atoms with E-state index in [1.165, 1.54) is 0 Å². The van der Waals surface area contributed by atoms with Gasteiger partial charge in [-0.15, -0.1) is 0 Å². The number of hydrogen-bond donors (Lipinski definition) is 4. The first-order valence-corrected chi connectivity index (χ1v) is 10.9. The number of nitrogens with zero attached hydrogens (tertiary/aromatic N) is 5. The number of carbonyl (C=O) groups excluding carboxylic acids is 2. The maximum atomic E-state index is 11.8. The van der Waals surface area contributed by atoms with E-state index in [1.807, 2.05) is 25.1 Å². The van der Waals surface area contributed by atoms with Crippen molar-refractivity contribution < 1.29 is 9.59 Å². The number of amides is 2. The van der Waals surface area contributed by atoms with E-state index in [4.69, 9.17) is 5.73 Å². The maximum Gasteiger partial charge on any atom is 0.241 e. The first kappa shape index (κ1) is 20.1. The molecule has 4 aromatic rings. The molecule has 6 heterocycles. The number of nitrogen functional groups attached to an aromatic ring is 1. The molecular formula is C23H21N9O2. The highest BCUT2D eigenvalue weighted by atomic mass is 16.2. The molecule has 170 valence electrons. The van der Waals surface area contributed by atoms with E-state index in [0.717, 1.165) is 39.0 Å². The lowest BCUT2D eigenvalue weighted by Crippen LogP contribution is -2.25. The molecular weight excluding hydrogens is 434 g/mol. The summed E-state index contributed by atoms with van der Waals surface area (Å²) >= 11 is 0. The van der Waals surface area contributed by atoms with Crippen molar-refractivity contribution in [2.24, 2.45) is 0 Å². The molecule has 0 atom stereocenters. The third kappa shape index (κ3) is 3.38. The number of hydrogen-bond acceptors (Lipinski definition) is 8. The van der Waals surface area contributed by atoms with Gasteiger partial charge in [-0.3, -0.25) is 19.3 Å². The number of anilines is 4. The zero-order valence-electron chi connectivity index (χ0n) is 18.3. The summed E-state index contributed by atoms with van der Waals surface area (Å²) in [6.07, 6.45) is 4.40. The third-order valence-corrected chi connectivity index (χ3v) is 6.15. The molecule has 2 aliphatic heterocycles. The maximum absolute atomic E-state index is 11.8. The van der Waals surface area contributed by atoms with Gasteiger partial charge in [0.05, 0.1) is 23.5 Å². The van der Waals surface area contributed by atoms with Crippen molar-refractivity contribution in [3.05, 3.63) is 47.5 Å². The molecule has 0 spiro atoms. The predicted molar refractivity (Wildman–Crippen MR) is 126 cm³/mol. The normalized spacial score (nSPS) is 14.9. The molecule has 34 heavy (non-hydrogen) atoms. The molecule has 11 heteroatoms. The average molecular weight is 455 g/mol. The quantitative estimate of drug-likeness (QED) is 0.364. The van der Waals surface area contributed by atoms with Gasteiger partial charge in [-0.1, -0.05) is 0 Å². The van der Waals surface area contributed by atoms with Crippen LogP contribution in [0.5, 0.6) is 0 Å². The lowest BCUT2D eigenvalue weighted by Gasteiger charge is -2.12. The van der Waals surface area contributed by atoms with E-state index in [1.54, 1.807) is 17.1 Å². The lowest BCUT2D eigenvalue weighted by molar-refractivity contribution is -0.121. The molecule has 2 aliphatic rings. The fraction of sp³-hybridized carbons (Fsp3) is 0.217. The minimum Gasteiger partial charge on any atom is -0.383 e. The van der Waals surface area contributed by atoms with Gasteiger partial charge in [-0.05, 0) is 30.0 Å². The molecule has 11 nitrogen and oxygen atoms in total. The first-order valence-electron chi connectivity index (χ1n) is 10.9. The van der Waals surface area contributed by atoms with Crippen molar-refractivity contribution in [2.45, 2.75) is 26.3 Å². The van der Waals surface area contributed by atoms with Crippen LogP contribution in [-0.4, -0.2) is 43.1 Å². The summed E-state index contributed by atoms with van der Waals surface area (Å²) in [4.78, 5) is 37.0. The Morgan fingerprint density at radius 1 is 1.09 bits per heavy atom. The molecule has 0 radical (unpaired) electrons. The van der Waals surface area contributed by atoms with E-state index in [0.29, 0.717) is 36.1 Å². The Morgan fingerprint density at radius 3 is 2.85 bits per heavy atom. The highest BCUT2D eigenvalue weighted by molar-refractivity contribution is 6.01. The average Bonchev–Trinajstić information content (AvgIpc) is 3.31. The van der Waals surface area contributed by atoms with Crippen LogP contribution in [0.3, 0.4) is 0 Å². The predicted octanol–water partition coefficient (Wildman–Crippen LogP) is 1.69. The van der Waals surface area contributed by atoms with Crippen molar-refractivity contribution in [3.63, 3.8) is 0 Å². The Morgan fingerprint density at radius 2 is 1.97 bits per heavy atom. The van der Waals surface area contributed by atoms with E-state index in [-0.39, 0.29) is 24.8 Å². The fourth-order valence-corrected chi connectivity index (χ4v) is 4.44. The Labute approximate surface area is 193 Å². The second-order valence-electron chi connectivity index (χ2n) is 8.43. The van der Waals surface area contributed by atoms with Crippen LogP contribution in [0.15, 0.2) is 30.6 Å². The van der Waals surface area contributed by atoms with Crippen LogP contribution in [0.1, 0.15) is 17.0 Å². The molecule has 0 bridgehead atoms. The number of pyridine rings is 3. The SMILES string of the molecule is Cc1c(-c2cc3cc(Nc4cc5n(n4)CC(=O)NCC5)ncc3c(N)n2)cnc2c1NC(=O)C2. The molecule has 2 amide bonds. The summed E-state index contributed by atoms with van der Waals surface area (Å²) in [5.41, 5.74) is 11.1. The van der Waals surface area contributed by atoms with Crippen LogP contribution in [0.25, 0.3) is 22.0 Å². The van der Waals surface area contributed by atoms with E-state index >= 15 is 0 Å². The smallest absolute Gasteiger partial charge is 0.241 e. The van der Waals surface area contributed by atoms with Crippen LogP contribution in [0.2, 0.25) is 0 Å².